The van der Waals surface area contributed by atoms with Gasteiger partial charge in [0.25, 0.3) is 5.91 Å². The number of benzene rings is 2. The molecular weight excluding hydrogens is 384 g/mol. The van der Waals surface area contributed by atoms with Crippen LogP contribution in [0.2, 0.25) is 0 Å². The molecule has 4 rings (SSSR count). The Kier molecular flexibility index (Phi) is 6.37. The Morgan fingerprint density at radius 1 is 1.03 bits per heavy atom. The molecule has 7 nitrogen and oxygen atoms in total. The fraction of sp³-hybridized carbons (Fsp3) is 0.391. The van der Waals surface area contributed by atoms with Crippen molar-refractivity contribution in [1.29, 1.82) is 0 Å². The molecule has 2 aromatic carbocycles. The van der Waals surface area contributed by atoms with Gasteiger partial charge >= 0.3 is 0 Å². The van der Waals surface area contributed by atoms with Crippen molar-refractivity contribution in [2.75, 3.05) is 26.5 Å². The maximum Gasteiger partial charge on any atom is 0.251 e. The number of likely N-dealkylation sites (tertiary alicyclic amines) is 1. The normalized spacial score (nSPS) is 15.7. The van der Waals surface area contributed by atoms with E-state index in [1.165, 1.54) is 0 Å². The summed E-state index contributed by atoms with van der Waals surface area (Å²) < 4.78 is 16.2. The highest BCUT2D eigenvalue weighted by Gasteiger charge is 2.24. The molecule has 0 saturated carbocycles. The molecule has 0 unspecified atom stereocenters. The first-order valence-electron chi connectivity index (χ1n) is 10.4. The second kappa shape index (κ2) is 9.52. The van der Waals surface area contributed by atoms with Gasteiger partial charge in [-0.25, -0.2) is 0 Å². The minimum atomic E-state index is -0.129. The smallest absolute Gasteiger partial charge is 0.251 e. The van der Waals surface area contributed by atoms with Gasteiger partial charge in [0.2, 0.25) is 12.7 Å². The van der Waals surface area contributed by atoms with E-state index >= 15 is 0 Å². The van der Waals surface area contributed by atoms with Gasteiger partial charge in [0.05, 0.1) is 6.61 Å². The minimum absolute atomic E-state index is 0.0633. The summed E-state index contributed by atoms with van der Waals surface area (Å²) in [5.41, 5.74) is 0.552. The maximum absolute atomic E-state index is 12.5. The molecule has 2 amide bonds. The number of nitrogens with one attached hydrogen (secondary N) is 1. The van der Waals surface area contributed by atoms with Crippen molar-refractivity contribution < 1.29 is 23.8 Å². The topological polar surface area (TPSA) is 77.1 Å². The first kappa shape index (κ1) is 20.1. The van der Waals surface area contributed by atoms with Crippen LogP contribution in [0, 0.1) is 0 Å². The average molecular weight is 410 g/mol. The molecule has 2 heterocycles. The van der Waals surface area contributed by atoms with Crippen LogP contribution < -0.4 is 19.5 Å². The third kappa shape index (κ3) is 5.03. The zero-order valence-electron chi connectivity index (χ0n) is 16.8. The van der Waals surface area contributed by atoms with Crippen molar-refractivity contribution in [3.63, 3.8) is 0 Å². The standard InChI is InChI=1S/C23H26N2O5/c26-22(7-4-14-28-19-5-2-1-3-6-19)25-12-10-18(11-13-25)24-23(27)17-8-9-20-21(15-17)30-16-29-20/h1-3,5-6,8-9,15,18H,4,7,10-14,16H2,(H,24,27). The zero-order chi connectivity index (χ0) is 20.8. The summed E-state index contributed by atoms with van der Waals surface area (Å²) in [4.78, 5) is 26.8. The number of piperidine rings is 1. The van der Waals surface area contributed by atoms with Crippen molar-refractivity contribution in [2.24, 2.45) is 0 Å². The van der Waals surface area contributed by atoms with Crippen LogP contribution in [-0.2, 0) is 4.79 Å². The van der Waals surface area contributed by atoms with E-state index in [0.29, 0.717) is 49.6 Å². The zero-order valence-corrected chi connectivity index (χ0v) is 16.8. The maximum atomic E-state index is 12.5. The van der Waals surface area contributed by atoms with Crippen molar-refractivity contribution in [3.8, 4) is 17.2 Å². The molecule has 2 aliphatic rings. The highest BCUT2D eigenvalue weighted by Crippen LogP contribution is 2.32. The lowest BCUT2D eigenvalue weighted by Gasteiger charge is -2.32. The van der Waals surface area contributed by atoms with E-state index in [1.807, 2.05) is 35.2 Å². The molecule has 158 valence electrons. The summed E-state index contributed by atoms with van der Waals surface area (Å²) in [5, 5.41) is 3.06. The number of amides is 2. The van der Waals surface area contributed by atoms with E-state index in [0.717, 1.165) is 18.6 Å². The number of carbonyl (C=O) groups excluding carboxylic acids is 2. The summed E-state index contributed by atoms with van der Waals surface area (Å²) >= 11 is 0. The van der Waals surface area contributed by atoms with Crippen molar-refractivity contribution in [2.45, 2.75) is 31.7 Å². The highest BCUT2D eigenvalue weighted by atomic mass is 16.7. The first-order valence-corrected chi connectivity index (χ1v) is 10.4. The predicted octanol–water partition coefficient (Wildman–Crippen LogP) is 3.00. The number of nitrogens with zero attached hydrogens (tertiary/aromatic N) is 1. The van der Waals surface area contributed by atoms with Crippen LogP contribution in [0.5, 0.6) is 17.2 Å². The Hall–Kier alpha value is -3.22. The number of carbonyl (C=O) groups is 2. The highest BCUT2D eigenvalue weighted by molar-refractivity contribution is 5.95. The van der Waals surface area contributed by atoms with Gasteiger partial charge < -0.3 is 24.4 Å². The van der Waals surface area contributed by atoms with Gasteiger partial charge in [0.1, 0.15) is 5.75 Å². The van der Waals surface area contributed by atoms with Gasteiger partial charge in [0, 0.05) is 31.1 Å². The molecule has 7 heteroatoms. The summed E-state index contributed by atoms with van der Waals surface area (Å²) in [6, 6.07) is 14.9. The Morgan fingerprint density at radius 2 is 1.80 bits per heavy atom. The molecular formula is C23H26N2O5. The third-order valence-electron chi connectivity index (χ3n) is 5.36. The molecule has 0 bridgehead atoms. The summed E-state index contributed by atoms with van der Waals surface area (Å²) in [5.74, 6) is 2.10. The number of hydrogen-bond donors (Lipinski definition) is 1. The lowest BCUT2D eigenvalue weighted by atomic mass is 10.0. The first-order chi connectivity index (χ1) is 14.7. The van der Waals surface area contributed by atoms with Crippen LogP contribution in [0.1, 0.15) is 36.0 Å². The lowest BCUT2D eigenvalue weighted by Crippen LogP contribution is -2.46. The van der Waals surface area contributed by atoms with Crippen LogP contribution >= 0.6 is 0 Å². The molecule has 1 fully saturated rings. The van der Waals surface area contributed by atoms with Gasteiger partial charge in [-0.2, -0.15) is 0 Å². The average Bonchev–Trinajstić information content (AvgIpc) is 3.26. The van der Waals surface area contributed by atoms with Gasteiger partial charge in [-0.3, -0.25) is 9.59 Å². The molecule has 0 aliphatic carbocycles. The number of rotatable bonds is 7. The Morgan fingerprint density at radius 3 is 2.60 bits per heavy atom. The number of para-hydroxylation sites is 1. The molecule has 0 atom stereocenters. The summed E-state index contributed by atoms with van der Waals surface area (Å²) in [7, 11) is 0. The Labute approximate surface area is 175 Å². The van der Waals surface area contributed by atoms with E-state index < -0.39 is 0 Å². The monoisotopic (exact) mass is 410 g/mol. The second-order valence-electron chi connectivity index (χ2n) is 7.46. The molecule has 2 aromatic rings. The van der Waals surface area contributed by atoms with Crippen LogP contribution in [0.4, 0.5) is 0 Å². The van der Waals surface area contributed by atoms with Gasteiger partial charge in [-0.1, -0.05) is 18.2 Å². The third-order valence-corrected chi connectivity index (χ3v) is 5.36. The Balaban J connectivity index is 1.16. The SMILES string of the molecule is O=C(NC1CCN(C(=O)CCCOc2ccccc2)CC1)c1ccc2c(c1)OCO2. The van der Waals surface area contributed by atoms with Gasteiger partial charge in [-0.05, 0) is 49.6 Å². The number of fused-ring (bicyclic) bond motifs is 1. The van der Waals surface area contributed by atoms with Crippen LogP contribution in [0.15, 0.2) is 48.5 Å². The quantitative estimate of drug-likeness (QED) is 0.710. The molecule has 1 saturated heterocycles. The number of ether oxygens (including phenoxy) is 3. The Bertz CT molecular complexity index is 878. The number of hydrogen-bond acceptors (Lipinski definition) is 5. The minimum Gasteiger partial charge on any atom is -0.494 e. The lowest BCUT2D eigenvalue weighted by molar-refractivity contribution is -0.132. The van der Waals surface area contributed by atoms with E-state index in [4.69, 9.17) is 14.2 Å². The van der Waals surface area contributed by atoms with Crippen molar-refractivity contribution in [1.82, 2.24) is 10.2 Å². The van der Waals surface area contributed by atoms with E-state index in [2.05, 4.69) is 5.32 Å². The summed E-state index contributed by atoms with van der Waals surface area (Å²) in [6.07, 6.45) is 2.67. The fourth-order valence-electron chi connectivity index (χ4n) is 3.67. The molecule has 0 radical (unpaired) electrons. The van der Waals surface area contributed by atoms with E-state index in [9.17, 15) is 9.59 Å². The molecule has 2 aliphatic heterocycles. The van der Waals surface area contributed by atoms with Crippen molar-refractivity contribution >= 4 is 11.8 Å². The second-order valence-corrected chi connectivity index (χ2v) is 7.46. The molecule has 30 heavy (non-hydrogen) atoms. The predicted molar refractivity (Wildman–Crippen MR) is 111 cm³/mol. The van der Waals surface area contributed by atoms with E-state index in [1.54, 1.807) is 18.2 Å². The molecule has 0 spiro atoms. The van der Waals surface area contributed by atoms with Gasteiger partial charge in [-0.15, -0.1) is 0 Å². The molecule has 1 N–H and O–H groups in total. The molecule has 0 aromatic heterocycles. The summed E-state index contributed by atoms with van der Waals surface area (Å²) in [6.45, 7) is 2.03. The fourth-order valence-corrected chi connectivity index (χ4v) is 3.67. The van der Waals surface area contributed by atoms with Crippen LogP contribution in [0.25, 0.3) is 0 Å². The van der Waals surface area contributed by atoms with Gasteiger partial charge in [0.15, 0.2) is 11.5 Å². The van der Waals surface area contributed by atoms with Crippen molar-refractivity contribution in [3.05, 3.63) is 54.1 Å². The largest absolute Gasteiger partial charge is 0.494 e. The van der Waals surface area contributed by atoms with Crippen LogP contribution in [-0.4, -0.2) is 49.2 Å². The van der Waals surface area contributed by atoms with E-state index in [-0.39, 0.29) is 24.6 Å². The van der Waals surface area contributed by atoms with Crippen LogP contribution in [0.3, 0.4) is 0 Å².